The van der Waals surface area contributed by atoms with E-state index in [2.05, 4.69) is 34.2 Å². The Labute approximate surface area is 87.4 Å². The van der Waals surface area contributed by atoms with Gasteiger partial charge < -0.3 is 9.55 Å². The standard InChI is InChI=1S/C12H10N3/c1-2-12-11(3-4-14-12)7-10(1)8-15-6-5-13-9-15/h1-2,4-7,9,14H,8H2. The fraction of sp³-hybridized carbons (Fsp3) is 0.0833. The van der Waals surface area contributed by atoms with E-state index in [1.807, 2.05) is 23.3 Å². The molecular weight excluding hydrogens is 186 g/mol. The van der Waals surface area contributed by atoms with Crippen LogP contribution in [0.15, 0.2) is 43.1 Å². The zero-order valence-electron chi connectivity index (χ0n) is 8.14. The molecule has 1 radical (unpaired) electrons. The van der Waals surface area contributed by atoms with Gasteiger partial charge in [0, 0.05) is 42.1 Å². The number of nitrogens with one attached hydrogen (secondary N) is 1. The van der Waals surface area contributed by atoms with E-state index in [4.69, 9.17) is 0 Å². The first-order valence-corrected chi connectivity index (χ1v) is 4.85. The molecule has 0 amide bonds. The molecular formula is C12H10N3. The number of H-pyrrole nitrogens is 1. The number of hydrogen-bond acceptors (Lipinski definition) is 1. The Bertz CT molecular complexity index is 563. The Morgan fingerprint density at radius 3 is 3.27 bits per heavy atom. The van der Waals surface area contributed by atoms with Crippen LogP contribution < -0.4 is 0 Å². The van der Waals surface area contributed by atoms with Crippen LogP contribution in [0.1, 0.15) is 5.56 Å². The molecule has 1 N–H and O–H groups in total. The topological polar surface area (TPSA) is 33.6 Å². The minimum atomic E-state index is 0.856. The third-order valence-electron chi connectivity index (χ3n) is 2.46. The van der Waals surface area contributed by atoms with Crippen molar-refractivity contribution in [2.24, 2.45) is 0 Å². The van der Waals surface area contributed by atoms with Crippen molar-refractivity contribution < 1.29 is 0 Å². The van der Waals surface area contributed by atoms with Gasteiger partial charge in [-0.25, -0.2) is 4.98 Å². The number of aromatic amines is 1. The fourth-order valence-electron chi connectivity index (χ4n) is 1.72. The smallest absolute Gasteiger partial charge is 0.0949 e. The van der Waals surface area contributed by atoms with Crippen molar-refractivity contribution in [3.63, 3.8) is 0 Å². The number of hydrogen-bond donors (Lipinski definition) is 1. The third-order valence-corrected chi connectivity index (χ3v) is 2.46. The SMILES string of the molecule is [c]1c[nH]c2ccc(Cn3ccnc3)cc12. The fourth-order valence-corrected chi connectivity index (χ4v) is 1.72. The van der Waals surface area contributed by atoms with Crippen molar-refractivity contribution in [1.82, 2.24) is 14.5 Å². The predicted molar refractivity (Wildman–Crippen MR) is 58.5 cm³/mol. The van der Waals surface area contributed by atoms with Crippen LogP contribution in [0.25, 0.3) is 10.9 Å². The number of benzene rings is 1. The van der Waals surface area contributed by atoms with Gasteiger partial charge in [-0.05, 0) is 17.7 Å². The Kier molecular flexibility index (Phi) is 1.81. The minimum Gasteiger partial charge on any atom is -0.361 e. The molecule has 1 aromatic carbocycles. The van der Waals surface area contributed by atoms with Crippen molar-refractivity contribution in [3.8, 4) is 0 Å². The van der Waals surface area contributed by atoms with Crippen molar-refractivity contribution in [2.75, 3.05) is 0 Å². The molecule has 0 saturated heterocycles. The second-order valence-corrected chi connectivity index (χ2v) is 3.55. The van der Waals surface area contributed by atoms with Gasteiger partial charge in [0.2, 0.25) is 0 Å². The lowest BCUT2D eigenvalue weighted by Gasteiger charge is -2.02. The van der Waals surface area contributed by atoms with Gasteiger partial charge >= 0.3 is 0 Å². The highest BCUT2D eigenvalue weighted by molar-refractivity contribution is 5.79. The summed E-state index contributed by atoms with van der Waals surface area (Å²) in [6, 6.07) is 9.50. The van der Waals surface area contributed by atoms with Gasteiger partial charge in [0.15, 0.2) is 0 Å². The van der Waals surface area contributed by atoms with Crippen LogP contribution in [0, 0.1) is 6.07 Å². The van der Waals surface area contributed by atoms with E-state index >= 15 is 0 Å². The highest BCUT2D eigenvalue weighted by Crippen LogP contribution is 2.14. The highest BCUT2D eigenvalue weighted by Gasteiger charge is 1.98. The van der Waals surface area contributed by atoms with E-state index < -0.39 is 0 Å². The molecule has 0 bridgehead atoms. The monoisotopic (exact) mass is 196 g/mol. The van der Waals surface area contributed by atoms with Gasteiger partial charge in [-0.1, -0.05) is 6.07 Å². The molecule has 0 aliphatic rings. The van der Waals surface area contributed by atoms with Crippen molar-refractivity contribution in [2.45, 2.75) is 6.54 Å². The lowest BCUT2D eigenvalue weighted by atomic mass is 10.1. The van der Waals surface area contributed by atoms with Crippen molar-refractivity contribution in [3.05, 3.63) is 54.7 Å². The number of aromatic nitrogens is 3. The summed E-state index contributed by atoms with van der Waals surface area (Å²) < 4.78 is 2.05. The molecule has 0 spiro atoms. The quantitative estimate of drug-likeness (QED) is 0.669. The number of rotatable bonds is 2. The molecule has 3 aromatic rings. The van der Waals surface area contributed by atoms with E-state index in [9.17, 15) is 0 Å². The molecule has 2 aromatic heterocycles. The van der Waals surface area contributed by atoms with Crippen LogP contribution in [0.4, 0.5) is 0 Å². The van der Waals surface area contributed by atoms with Crippen LogP contribution in [0.3, 0.4) is 0 Å². The molecule has 3 heteroatoms. The zero-order chi connectivity index (χ0) is 10.1. The van der Waals surface area contributed by atoms with Crippen LogP contribution in [0.5, 0.6) is 0 Å². The molecule has 15 heavy (non-hydrogen) atoms. The summed E-state index contributed by atoms with van der Waals surface area (Å²) in [5.74, 6) is 0. The molecule has 0 atom stereocenters. The molecule has 0 saturated carbocycles. The van der Waals surface area contributed by atoms with Gasteiger partial charge in [-0.15, -0.1) is 0 Å². The lowest BCUT2D eigenvalue weighted by Crippen LogP contribution is -1.95. The number of fused-ring (bicyclic) bond motifs is 1. The van der Waals surface area contributed by atoms with Crippen LogP contribution in [-0.2, 0) is 6.54 Å². The summed E-state index contributed by atoms with van der Waals surface area (Å²) in [6.45, 7) is 0.856. The van der Waals surface area contributed by atoms with Crippen molar-refractivity contribution >= 4 is 10.9 Å². The largest absolute Gasteiger partial charge is 0.361 e. The van der Waals surface area contributed by atoms with Crippen molar-refractivity contribution in [1.29, 1.82) is 0 Å². The van der Waals surface area contributed by atoms with E-state index in [-0.39, 0.29) is 0 Å². The maximum Gasteiger partial charge on any atom is 0.0949 e. The first-order valence-electron chi connectivity index (χ1n) is 4.85. The third kappa shape index (κ3) is 1.52. The highest BCUT2D eigenvalue weighted by atomic mass is 15.0. The minimum absolute atomic E-state index is 0.856. The van der Waals surface area contributed by atoms with Gasteiger partial charge in [0.1, 0.15) is 0 Å². The summed E-state index contributed by atoms with van der Waals surface area (Å²) >= 11 is 0. The Morgan fingerprint density at radius 2 is 2.40 bits per heavy atom. The number of nitrogens with zero attached hydrogens (tertiary/aromatic N) is 2. The second-order valence-electron chi connectivity index (χ2n) is 3.55. The summed E-state index contributed by atoms with van der Waals surface area (Å²) in [4.78, 5) is 7.15. The first-order chi connectivity index (χ1) is 7.42. The van der Waals surface area contributed by atoms with Gasteiger partial charge in [0.05, 0.1) is 6.33 Å². The molecule has 0 fully saturated rings. The van der Waals surface area contributed by atoms with E-state index in [1.165, 1.54) is 5.56 Å². The average Bonchev–Trinajstić information content (AvgIpc) is 2.87. The Hall–Kier alpha value is -2.03. The van der Waals surface area contributed by atoms with E-state index in [0.29, 0.717) is 0 Å². The maximum absolute atomic E-state index is 4.02. The van der Waals surface area contributed by atoms with Gasteiger partial charge in [-0.2, -0.15) is 0 Å². The molecule has 2 heterocycles. The first kappa shape index (κ1) is 8.29. The maximum atomic E-state index is 4.02. The normalized spacial score (nSPS) is 10.9. The molecule has 3 nitrogen and oxygen atoms in total. The summed E-state index contributed by atoms with van der Waals surface area (Å²) in [6.07, 6.45) is 7.42. The molecule has 0 aliphatic carbocycles. The molecule has 0 aliphatic heterocycles. The average molecular weight is 196 g/mol. The summed E-state index contributed by atoms with van der Waals surface area (Å²) in [5, 5.41) is 1.13. The Morgan fingerprint density at radius 1 is 1.40 bits per heavy atom. The van der Waals surface area contributed by atoms with Gasteiger partial charge in [0.25, 0.3) is 0 Å². The second kappa shape index (κ2) is 3.28. The van der Waals surface area contributed by atoms with Crippen LogP contribution in [-0.4, -0.2) is 14.5 Å². The zero-order valence-corrected chi connectivity index (χ0v) is 8.14. The molecule has 73 valence electrons. The molecule has 3 rings (SSSR count). The number of imidazole rings is 1. The van der Waals surface area contributed by atoms with E-state index in [0.717, 1.165) is 17.4 Å². The summed E-state index contributed by atoms with van der Waals surface area (Å²) in [7, 11) is 0. The molecule has 0 unspecified atom stereocenters. The van der Waals surface area contributed by atoms with E-state index in [1.54, 1.807) is 6.20 Å². The van der Waals surface area contributed by atoms with Gasteiger partial charge in [-0.3, -0.25) is 0 Å². The predicted octanol–water partition coefficient (Wildman–Crippen LogP) is 2.21. The van der Waals surface area contributed by atoms with Crippen LogP contribution in [0.2, 0.25) is 0 Å². The lowest BCUT2D eigenvalue weighted by molar-refractivity contribution is 0.798. The summed E-state index contributed by atoms with van der Waals surface area (Å²) in [5.41, 5.74) is 2.39. The van der Waals surface area contributed by atoms with Crippen LogP contribution >= 0.6 is 0 Å². The Balaban J connectivity index is 1.97.